The van der Waals surface area contributed by atoms with Crippen molar-refractivity contribution in [1.82, 2.24) is 30.1 Å². The molecule has 0 fully saturated rings. The molecule has 2 rings (SSSR count). The maximum Gasteiger partial charge on any atom is 0.132 e. The van der Waals surface area contributed by atoms with Gasteiger partial charge in [-0.1, -0.05) is 30.7 Å². The molecular weight excluding hydrogens is 264 g/mol. The molecule has 0 radical (unpaired) electrons. The first kappa shape index (κ1) is 14.0. The van der Waals surface area contributed by atoms with E-state index in [9.17, 15) is 0 Å². The molecule has 0 spiro atoms. The summed E-state index contributed by atoms with van der Waals surface area (Å²) < 4.78 is 3.46. The molecule has 0 atom stereocenters. The Bertz CT molecular complexity index is 557. The molecule has 2 aromatic heterocycles. The van der Waals surface area contributed by atoms with Crippen LogP contribution in [0.15, 0.2) is 6.20 Å². The van der Waals surface area contributed by atoms with E-state index in [0.717, 1.165) is 23.5 Å². The third kappa shape index (κ3) is 3.33. The fourth-order valence-corrected chi connectivity index (χ4v) is 2.06. The predicted molar refractivity (Wildman–Crippen MR) is 74.1 cm³/mol. The Kier molecular flexibility index (Phi) is 4.21. The summed E-state index contributed by atoms with van der Waals surface area (Å²) >= 11 is 6.20. The molecule has 0 bridgehead atoms. The van der Waals surface area contributed by atoms with E-state index in [2.05, 4.69) is 34.6 Å². The van der Waals surface area contributed by atoms with Crippen LogP contribution in [0.25, 0.3) is 0 Å². The average molecular weight is 283 g/mol. The molecular formula is C12H19ClN6. The molecule has 0 aliphatic heterocycles. The molecule has 2 heterocycles. The maximum absolute atomic E-state index is 6.20. The lowest BCUT2D eigenvalue weighted by Gasteiger charge is -2.04. The van der Waals surface area contributed by atoms with Crippen LogP contribution in [0, 0.1) is 6.92 Å². The van der Waals surface area contributed by atoms with Gasteiger partial charge < -0.3 is 5.32 Å². The summed E-state index contributed by atoms with van der Waals surface area (Å²) in [6, 6.07) is 0.431. The Morgan fingerprint density at radius 2 is 2.16 bits per heavy atom. The molecule has 0 aliphatic carbocycles. The van der Waals surface area contributed by atoms with Gasteiger partial charge in [-0.3, -0.25) is 4.68 Å². The summed E-state index contributed by atoms with van der Waals surface area (Å²) in [5.74, 6) is 0. The van der Waals surface area contributed by atoms with Crippen molar-refractivity contribution >= 4 is 11.6 Å². The molecule has 0 amide bonds. The number of aryl methyl sites for hydroxylation is 2. The molecule has 104 valence electrons. The largest absolute Gasteiger partial charge is 0.309 e. The quantitative estimate of drug-likeness (QED) is 0.903. The summed E-state index contributed by atoms with van der Waals surface area (Å²) in [6.45, 7) is 7.45. The standard InChI is InChI=1S/C12H19ClN6/c1-8(2)14-5-10-6-19(17-15-10)7-11-9(3)16-18(4)12(11)13/h6,8,14H,5,7H2,1-4H3. The fraction of sp³-hybridized carbons (Fsp3) is 0.583. The molecule has 0 aromatic carbocycles. The Hall–Kier alpha value is -1.40. The molecule has 6 nitrogen and oxygen atoms in total. The summed E-state index contributed by atoms with van der Waals surface area (Å²) in [4.78, 5) is 0. The smallest absolute Gasteiger partial charge is 0.132 e. The second kappa shape index (κ2) is 5.71. The van der Waals surface area contributed by atoms with Crippen molar-refractivity contribution < 1.29 is 0 Å². The Morgan fingerprint density at radius 1 is 1.42 bits per heavy atom. The second-order valence-electron chi connectivity index (χ2n) is 4.92. The molecule has 0 unspecified atom stereocenters. The highest BCUT2D eigenvalue weighted by molar-refractivity contribution is 6.30. The van der Waals surface area contributed by atoms with Gasteiger partial charge in [0.1, 0.15) is 5.15 Å². The minimum absolute atomic E-state index is 0.431. The van der Waals surface area contributed by atoms with Gasteiger partial charge in [-0.05, 0) is 6.92 Å². The second-order valence-corrected chi connectivity index (χ2v) is 5.28. The fourth-order valence-electron chi connectivity index (χ4n) is 1.82. The minimum atomic E-state index is 0.431. The summed E-state index contributed by atoms with van der Waals surface area (Å²) in [7, 11) is 1.83. The maximum atomic E-state index is 6.20. The number of nitrogens with one attached hydrogen (secondary N) is 1. The first-order valence-electron chi connectivity index (χ1n) is 6.27. The van der Waals surface area contributed by atoms with Gasteiger partial charge in [-0.25, -0.2) is 4.68 Å². The molecule has 0 aliphatic rings. The van der Waals surface area contributed by atoms with Gasteiger partial charge in [-0.2, -0.15) is 5.10 Å². The predicted octanol–water partition coefficient (Wildman–Crippen LogP) is 1.52. The van der Waals surface area contributed by atoms with Crippen molar-refractivity contribution in [3.05, 3.63) is 28.3 Å². The summed E-state index contributed by atoms with van der Waals surface area (Å²) in [5, 5.41) is 16.5. The average Bonchev–Trinajstić information content (AvgIpc) is 2.88. The zero-order chi connectivity index (χ0) is 14.0. The van der Waals surface area contributed by atoms with Crippen LogP contribution in [0.3, 0.4) is 0 Å². The van der Waals surface area contributed by atoms with Crippen LogP contribution < -0.4 is 5.32 Å². The van der Waals surface area contributed by atoms with Gasteiger partial charge in [0, 0.05) is 25.2 Å². The molecule has 1 N–H and O–H groups in total. The van der Waals surface area contributed by atoms with E-state index in [-0.39, 0.29) is 0 Å². The highest BCUT2D eigenvalue weighted by atomic mass is 35.5. The lowest BCUT2D eigenvalue weighted by molar-refractivity contribution is 0.580. The van der Waals surface area contributed by atoms with Gasteiger partial charge in [0.25, 0.3) is 0 Å². The van der Waals surface area contributed by atoms with E-state index in [4.69, 9.17) is 11.6 Å². The van der Waals surface area contributed by atoms with Crippen LogP contribution in [-0.4, -0.2) is 30.8 Å². The monoisotopic (exact) mass is 282 g/mol. The number of halogens is 1. The van der Waals surface area contributed by atoms with E-state index < -0.39 is 0 Å². The lowest BCUT2D eigenvalue weighted by Crippen LogP contribution is -2.21. The summed E-state index contributed by atoms with van der Waals surface area (Å²) in [6.07, 6.45) is 1.93. The zero-order valence-corrected chi connectivity index (χ0v) is 12.4. The van der Waals surface area contributed by atoms with Crippen LogP contribution in [0.4, 0.5) is 0 Å². The molecule has 0 saturated heterocycles. The molecule has 19 heavy (non-hydrogen) atoms. The van der Waals surface area contributed by atoms with Gasteiger partial charge in [0.05, 0.1) is 24.1 Å². The third-order valence-corrected chi connectivity index (χ3v) is 3.34. The van der Waals surface area contributed by atoms with Crippen molar-refractivity contribution in [3.63, 3.8) is 0 Å². The van der Waals surface area contributed by atoms with Crippen LogP contribution in [0.2, 0.25) is 5.15 Å². The highest BCUT2D eigenvalue weighted by Gasteiger charge is 2.12. The Balaban J connectivity index is 2.07. The van der Waals surface area contributed by atoms with Crippen LogP contribution >= 0.6 is 11.6 Å². The lowest BCUT2D eigenvalue weighted by atomic mass is 10.2. The number of hydrogen-bond acceptors (Lipinski definition) is 4. The number of nitrogens with zero attached hydrogens (tertiary/aromatic N) is 5. The molecule has 7 heteroatoms. The van der Waals surface area contributed by atoms with Crippen LogP contribution in [0.1, 0.15) is 30.8 Å². The zero-order valence-electron chi connectivity index (χ0n) is 11.7. The van der Waals surface area contributed by atoms with Gasteiger partial charge >= 0.3 is 0 Å². The van der Waals surface area contributed by atoms with Crippen molar-refractivity contribution in [2.45, 2.75) is 39.9 Å². The highest BCUT2D eigenvalue weighted by Crippen LogP contribution is 2.19. The Morgan fingerprint density at radius 3 is 2.74 bits per heavy atom. The first-order valence-corrected chi connectivity index (χ1v) is 6.65. The molecule has 2 aromatic rings. The van der Waals surface area contributed by atoms with E-state index in [1.807, 2.05) is 20.2 Å². The van der Waals surface area contributed by atoms with Crippen molar-refractivity contribution in [1.29, 1.82) is 0 Å². The van der Waals surface area contributed by atoms with Crippen LogP contribution in [-0.2, 0) is 20.1 Å². The van der Waals surface area contributed by atoms with E-state index in [1.54, 1.807) is 9.36 Å². The Labute approximate surface area is 117 Å². The third-order valence-electron chi connectivity index (χ3n) is 2.87. The number of hydrogen-bond donors (Lipinski definition) is 1. The van der Waals surface area contributed by atoms with Gasteiger partial charge in [-0.15, -0.1) is 5.10 Å². The van der Waals surface area contributed by atoms with E-state index >= 15 is 0 Å². The van der Waals surface area contributed by atoms with Crippen LogP contribution in [0.5, 0.6) is 0 Å². The number of rotatable bonds is 5. The van der Waals surface area contributed by atoms with E-state index in [0.29, 0.717) is 17.7 Å². The first-order chi connectivity index (χ1) is 8.97. The topological polar surface area (TPSA) is 60.6 Å². The number of aromatic nitrogens is 5. The van der Waals surface area contributed by atoms with Crippen molar-refractivity contribution in [3.8, 4) is 0 Å². The SMILES string of the molecule is Cc1nn(C)c(Cl)c1Cn1cc(CNC(C)C)nn1. The normalized spacial score (nSPS) is 11.5. The van der Waals surface area contributed by atoms with Gasteiger partial charge in [0.2, 0.25) is 0 Å². The summed E-state index contributed by atoms with van der Waals surface area (Å²) in [5.41, 5.74) is 2.83. The van der Waals surface area contributed by atoms with Crippen molar-refractivity contribution in [2.24, 2.45) is 7.05 Å². The minimum Gasteiger partial charge on any atom is -0.309 e. The van der Waals surface area contributed by atoms with Gasteiger partial charge in [0.15, 0.2) is 0 Å². The molecule has 0 saturated carbocycles. The van der Waals surface area contributed by atoms with Crippen molar-refractivity contribution in [2.75, 3.05) is 0 Å². The van der Waals surface area contributed by atoms with E-state index in [1.165, 1.54) is 0 Å².